The molecule has 61 heavy (non-hydrogen) atoms. The van der Waals surface area contributed by atoms with Crippen LogP contribution in [0, 0.1) is 16.7 Å². The number of aliphatic hydroxyl groups excluding tert-OH is 1. The van der Waals surface area contributed by atoms with E-state index in [-0.39, 0.29) is 29.4 Å². The van der Waals surface area contributed by atoms with E-state index in [0.717, 1.165) is 12.0 Å². The molecule has 3 aromatic carbocycles. The summed E-state index contributed by atoms with van der Waals surface area (Å²) in [4.78, 5) is 0. The SMILES string of the molecule is CC1=C(CO[Si](C)(C)C(C)(C)C)C(C)(C)[C@@]2([C@@H](O)[C@H]3[C@](C)(CO[Si](c4ccccc4)(c4ccccc4)C(C)(C)C)[C@@H](OCc4ccccc4)C=C[C@@]34COC(C)(C)O4)O[C@H]2C1. The molecular formula is C52H74O7Si2. The van der Waals surface area contributed by atoms with Crippen LogP contribution in [0.3, 0.4) is 0 Å². The molecule has 7 rings (SSSR count). The van der Waals surface area contributed by atoms with Crippen LogP contribution in [0.2, 0.25) is 23.2 Å². The normalized spacial score (nSPS) is 30.4. The Hall–Kier alpha value is -2.71. The molecule has 1 N–H and O–H groups in total. The van der Waals surface area contributed by atoms with Gasteiger partial charge in [0.05, 0.1) is 38.1 Å². The van der Waals surface area contributed by atoms with Gasteiger partial charge in [-0.2, -0.15) is 0 Å². The van der Waals surface area contributed by atoms with Crippen LogP contribution in [0.15, 0.2) is 114 Å². The minimum atomic E-state index is -3.07. The lowest BCUT2D eigenvalue weighted by molar-refractivity contribution is -0.217. The van der Waals surface area contributed by atoms with Gasteiger partial charge < -0.3 is 32.9 Å². The van der Waals surface area contributed by atoms with Crippen molar-refractivity contribution in [3.8, 4) is 0 Å². The van der Waals surface area contributed by atoms with Gasteiger partial charge in [-0.25, -0.2) is 0 Å². The molecule has 2 aliphatic carbocycles. The highest BCUT2D eigenvalue weighted by molar-refractivity contribution is 6.99. The molecular weight excluding hydrogens is 793 g/mol. The first-order valence-electron chi connectivity index (χ1n) is 22.5. The van der Waals surface area contributed by atoms with E-state index in [1.54, 1.807) is 0 Å². The summed E-state index contributed by atoms with van der Waals surface area (Å²) in [7, 11) is -5.16. The Bertz CT molecular complexity index is 2030. The van der Waals surface area contributed by atoms with Crippen molar-refractivity contribution in [2.24, 2.45) is 16.7 Å². The molecule has 0 amide bonds. The summed E-state index contributed by atoms with van der Waals surface area (Å²) in [5, 5.41) is 16.0. The molecule has 3 aromatic rings. The van der Waals surface area contributed by atoms with Gasteiger partial charge in [-0.3, -0.25) is 0 Å². The third-order valence-corrected chi connectivity index (χ3v) is 24.9. The van der Waals surface area contributed by atoms with E-state index in [4.69, 9.17) is 27.8 Å². The lowest BCUT2D eigenvalue weighted by atomic mass is 9.53. The van der Waals surface area contributed by atoms with Crippen LogP contribution in [0.1, 0.15) is 95.1 Å². The number of hydrogen-bond donors (Lipinski definition) is 1. The molecule has 7 atom stereocenters. The Kier molecular flexibility index (Phi) is 12.2. The molecule has 0 aromatic heterocycles. The van der Waals surface area contributed by atoms with E-state index in [9.17, 15) is 5.11 Å². The maximum absolute atomic E-state index is 13.8. The van der Waals surface area contributed by atoms with Crippen LogP contribution in [-0.4, -0.2) is 76.9 Å². The summed E-state index contributed by atoms with van der Waals surface area (Å²) in [6.07, 6.45) is 3.39. The van der Waals surface area contributed by atoms with Gasteiger partial charge in [0.1, 0.15) is 11.2 Å². The Labute approximate surface area is 369 Å². The average molecular weight is 867 g/mol. The zero-order valence-electron chi connectivity index (χ0n) is 39.6. The van der Waals surface area contributed by atoms with Crippen molar-refractivity contribution in [2.45, 2.75) is 155 Å². The third kappa shape index (κ3) is 7.97. The molecule has 4 aliphatic rings. The van der Waals surface area contributed by atoms with Crippen molar-refractivity contribution in [1.29, 1.82) is 0 Å². The van der Waals surface area contributed by atoms with Crippen LogP contribution >= 0.6 is 0 Å². The predicted molar refractivity (Wildman–Crippen MR) is 251 cm³/mol. The summed E-state index contributed by atoms with van der Waals surface area (Å²) in [5.41, 5.74) is 0.241. The van der Waals surface area contributed by atoms with Crippen LogP contribution in [0.25, 0.3) is 0 Å². The van der Waals surface area contributed by atoms with Gasteiger partial charge in [-0.1, -0.05) is 171 Å². The smallest absolute Gasteiger partial charge is 0.261 e. The second-order valence-electron chi connectivity index (χ2n) is 22.2. The Morgan fingerprint density at radius 2 is 1.33 bits per heavy atom. The number of epoxide rings is 1. The van der Waals surface area contributed by atoms with Crippen molar-refractivity contribution in [3.63, 3.8) is 0 Å². The average Bonchev–Trinajstić information content (AvgIpc) is 3.85. The second kappa shape index (κ2) is 16.1. The van der Waals surface area contributed by atoms with Gasteiger partial charge in [-0.15, -0.1) is 0 Å². The van der Waals surface area contributed by atoms with E-state index in [1.165, 1.54) is 21.5 Å². The number of fused-ring (bicyclic) bond motifs is 1. The molecule has 0 bridgehead atoms. The maximum atomic E-state index is 13.8. The molecule has 0 saturated carbocycles. The van der Waals surface area contributed by atoms with Crippen LogP contribution in [0.5, 0.6) is 0 Å². The Morgan fingerprint density at radius 1 is 0.770 bits per heavy atom. The van der Waals surface area contributed by atoms with E-state index in [0.29, 0.717) is 13.2 Å². The number of hydrogen-bond acceptors (Lipinski definition) is 7. The lowest BCUT2D eigenvalue weighted by Crippen LogP contribution is -2.70. The molecule has 332 valence electrons. The van der Waals surface area contributed by atoms with Gasteiger partial charge in [0.25, 0.3) is 8.32 Å². The molecule has 2 heterocycles. The highest BCUT2D eigenvalue weighted by Crippen LogP contribution is 2.66. The largest absolute Gasteiger partial charge is 0.413 e. The van der Waals surface area contributed by atoms with E-state index in [1.807, 2.05) is 32.0 Å². The zero-order chi connectivity index (χ0) is 44.5. The van der Waals surface area contributed by atoms with Crippen LogP contribution in [0.4, 0.5) is 0 Å². The highest BCUT2D eigenvalue weighted by atomic mass is 28.4. The Morgan fingerprint density at radius 3 is 1.84 bits per heavy atom. The van der Waals surface area contributed by atoms with E-state index < -0.39 is 62.6 Å². The topological polar surface area (TPSA) is 78.9 Å². The van der Waals surface area contributed by atoms with Crippen LogP contribution < -0.4 is 10.4 Å². The van der Waals surface area contributed by atoms with Crippen molar-refractivity contribution >= 4 is 27.0 Å². The predicted octanol–water partition coefficient (Wildman–Crippen LogP) is 10.1. The molecule has 1 spiro atoms. The first-order valence-corrected chi connectivity index (χ1v) is 27.3. The number of benzene rings is 3. The van der Waals surface area contributed by atoms with Crippen molar-refractivity contribution in [1.82, 2.24) is 0 Å². The van der Waals surface area contributed by atoms with Crippen molar-refractivity contribution in [2.75, 3.05) is 19.8 Å². The second-order valence-corrected chi connectivity index (χ2v) is 31.4. The molecule has 0 radical (unpaired) electrons. The molecule has 2 fully saturated rings. The first-order chi connectivity index (χ1) is 28.4. The fourth-order valence-electron chi connectivity index (χ4n) is 10.9. The molecule has 9 heteroatoms. The lowest BCUT2D eigenvalue weighted by Gasteiger charge is -2.57. The standard InChI is InChI=1S/C52H74O7Si2/c1-37-32-43-52(58-43,48(8,9)41(37)34-56-60(13,14)46(2,3)4)45(53)44-50(12,35-57-61(47(5,6)7,39-26-20-16-21-27-39)40-28-22-17-23-29-40)42(54-33-38-24-18-15-19-25-38)30-31-51(44)36-55-49(10,11)59-51/h15-31,42-45,53H,32-36H2,1-14H3/t42-,43-,44-,45-,50+,51+,52+/m0/s1. The minimum Gasteiger partial charge on any atom is -0.413 e. The monoisotopic (exact) mass is 866 g/mol. The van der Waals surface area contributed by atoms with Gasteiger partial charge in [0, 0.05) is 23.4 Å². The molecule has 7 nitrogen and oxygen atoms in total. The fourth-order valence-corrected chi connectivity index (χ4v) is 16.6. The third-order valence-electron chi connectivity index (χ3n) is 15.4. The van der Waals surface area contributed by atoms with Gasteiger partial charge in [-0.05, 0) is 71.9 Å². The highest BCUT2D eigenvalue weighted by Gasteiger charge is 2.77. The molecule has 2 aliphatic heterocycles. The maximum Gasteiger partial charge on any atom is 0.261 e. The zero-order valence-corrected chi connectivity index (χ0v) is 41.6. The molecule has 2 saturated heterocycles. The number of aliphatic hydroxyl groups is 1. The first kappa shape index (κ1) is 46.3. The summed E-state index contributed by atoms with van der Waals surface area (Å²) in [6.45, 7) is 32.8. The fraction of sp³-hybridized carbons (Fsp3) is 0.577. The van der Waals surface area contributed by atoms with Gasteiger partial charge >= 0.3 is 0 Å². The summed E-state index contributed by atoms with van der Waals surface area (Å²) in [6, 6.07) is 31.9. The van der Waals surface area contributed by atoms with Gasteiger partial charge in [0.15, 0.2) is 14.1 Å². The van der Waals surface area contributed by atoms with Crippen molar-refractivity contribution < 1.29 is 32.9 Å². The van der Waals surface area contributed by atoms with E-state index in [2.05, 4.69) is 167 Å². The minimum absolute atomic E-state index is 0.0607. The Balaban J connectivity index is 1.38. The summed E-state index contributed by atoms with van der Waals surface area (Å²) in [5.74, 6) is -1.46. The quantitative estimate of drug-likeness (QED) is 0.104. The number of ether oxygens (including phenoxy) is 4. The summed E-state index contributed by atoms with van der Waals surface area (Å²) < 4.78 is 42.6. The van der Waals surface area contributed by atoms with Crippen molar-refractivity contribution in [3.05, 3.63) is 120 Å². The summed E-state index contributed by atoms with van der Waals surface area (Å²) >= 11 is 0. The molecule has 0 unspecified atom stereocenters. The van der Waals surface area contributed by atoms with Gasteiger partial charge in [0.2, 0.25) is 0 Å². The van der Waals surface area contributed by atoms with E-state index >= 15 is 0 Å². The number of rotatable bonds is 13. The van der Waals surface area contributed by atoms with Crippen LogP contribution in [-0.2, 0) is 34.4 Å².